The highest BCUT2D eigenvalue weighted by molar-refractivity contribution is 6.43. The SMILES string of the molecule is CCCCCCCCCCNCCC(=O)N[C@@H](CCCCN)C(=O)N[C@H](C(=O)N[C@@H](C)C(=O)N[C@@H](CCCCN)C(=O)N[C@@H](C)B(O)O)[C@@H](C)O. The van der Waals surface area contributed by atoms with Gasteiger partial charge in [0.15, 0.2) is 0 Å². The van der Waals surface area contributed by atoms with Crippen molar-refractivity contribution in [1.29, 1.82) is 0 Å². The van der Waals surface area contributed by atoms with Gasteiger partial charge in [-0.05, 0) is 85.4 Å². The molecule has 0 aliphatic heterocycles. The van der Waals surface area contributed by atoms with Crippen LogP contribution in [0.3, 0.4) is 0 Å². The van der Waals surface area contributed by atoms with Crippen molar-refractivity contribution < 1.29 is 39.1 Å². The maximum atomic E-state index is 13.3. The number of nitrogens with one attached hydrogen (secondary N) is 6. The zero-order valence-electron chi connectivity index (χ0n) is 31.5. The lowest BCUT2D eigenvalue weighted by molar-refractivity contribution is -0.136. The minimum absolute atomic E-state index is 0.162. The molecule has 0 aliphatic rings. The number of carbonyl (C=O) groups is 5. The molecule has 0 aromatic carbocycles. The molecule has 0 aromatic heterocycles. The summed E-state index contributed by atoms with van der Waals surface area (Å²) in [5, 5.41) is 45.0. The van der Waals surface area contributed by atoms with Crippen LogP contribution in [0.1, 0.15) is 124 Å². The standard InChI is InChI=1S/C34H69BN8O8/c1-5-6-7-8-9-10-11-16-22-38-23-19-29(45)41-27(17-12-14-20-36)33(48)43-30(25(3)44)34(49)39-24(2)31(46)42-28(18-13-15-21-37)32(47)40-26(4)35(50)51/h24-28,30,38,44,50-51H,5-23,36-37H2,1-4H3,(H,39,49)(H,40,47)(H,41,45)(H,42,46)(H,43,48)/t24-,25+,26-,27-,28-,30-/m0/s1. The Bertz CT molecular complexity index is 994. The van der Waals surface area contributed by atoms with Crippen LogP contribution in [0, 0.1) is 0 Å². The highest BCUT2D eigenvalue weighted by Gasteiger charge is 2.32. The molecule has 17 heteroatoms. The molecule has 0 bridgehead atoms. The summed E-state index contributed by atoms with van der Waals surface area (Å²) in [5.41, 5.74) is 11.2. The lowest BCUT2D eigenvalue weighted by Gasteiger charge is -2.27. The first kappa shape index (κ1) is 48.2. The molecule has 0 radical (unpaired) electrons. The summed E-state index contributed by atoms with van der Waals surface area (Å²) in [5.74, 6) is -4.20. The Hall–Kier alpha value is -2.83. The molecule has 6 atom stereocenters. The summed E-state index contributed by atoms with van der Waals surface area (Å²) < 4.78 is 0. The van der Waals surface area contributed by atoms with Crippen molar-refractivity contribution >= 4 is 36.7 Å². The van der Waals surface area contributed by atoms with E-state index in [-0.39, 0.29) is 25.2 Å². The van der Waals surface area contributed by atoms with Gasteiger partial charge in [0.25, 0.3) is 0 Å². The van der Waals surface area contributed by atoms with Crippen LogP contribution in [0.5, 0.6) is 0 Å². The van der Waals surface area contributed by atoms with Crippen molar-refractivity contribution in [2.45, 2.75) is 160 Å². The van der Waals surface area contributed by atoms with Crippen LogP contribution in [0.25, 0.3) is 0 Å². The maximum Gasteiger partial charge on any atom is 0.475 e. The first-order chi connectivity index (χ1) is 24.3. The van der Waals surface area contributed by atoms with Crippen LogP contribution in [0.4, 0.5) is 0 Å². The van der Waals surface area contributed by atoms with E-state index in [1.165, 1.54) is 59.3 Å². The number of rotatable bonds is 31. The van der Waals surface area contributed by atoms with E-state index in [9.17, 15) is 39.1 Å². The predicted molar refractivity (Wildman–Crippen MR) is 199 cm³/mol. The third-order valence-corrected chi connectivity index (χ3v) is 8.55. The van der Waals surface area contributed by atoms with Gasteiger partial charge in [-0.15, -0.1) is 0 Å². The maximum absolute atomic E-state index is 13.3. The third-order valence-electron chi connectivity index (χ3n) is 8.55. The first-order valence-electron chi connectivity index (χ1n) is 18.9. The van der Waals surface area contributed by atoms with Crippen molar-refractivity contribution in [2.75, 3.05) is 26.2 Å². The van der Waals surface area contributed by atoms with E-state index in [1.807, 2.05) is 0 Å². The van der Waals surface area contributed by atoms with E-state index >= 15 is 0 Å². The molecular weight excluding hydrogens is 659 g/mol. The zero-order valence-corrected chi connectivity index (χ0v) is 31.5. The van der Waals surface area contributed by atoms with Crippen molar-refractivity contribution in [3.63, 3.8) is 0 Å². The average molecular weight is 729 g/mol. The Morgan fingerprint density at radius 2 is 1.14 bits per heavy atom. The molecule has 13 N–H and O–H groups in total. The van der Waals surface area contributed by atoms with Crippen molar-refractivity contribution in [3.8, 4) is 0 Å². The number of unbranched alkanes of at least 4 members (excludes halogenated alkanes) is 9. The monoisotopic (exact) mass is 729 g/mol. The molecule has 0 unspecified atom stereocenters. The Balaban J connectivity index is 5.18. The number of aliphatic hydroxyl groups is 1. The second-order valence-electron chi connectivity index (χ2n) is 13.4. The number of hydrogen-bond donors (Lipinski definition) is 11. The van der Waals surface area contributed by atoms with E-state index in [4.69, 9.17) is 11.5 Å². The van der Waals surface area contributed by atoms with Crippen molar-refractivity contribution in [2.24, 2.45) is 11.5 Å². The van der Waals surface area contributed by atoms with Gasteiger partial charge in [-0.1, -0.05) is 51.9 Å². The summed E-state index contributed by atoms with van der Waals surface area (Å²) in [6.07, 6.45) is 11.3. The third kappa shape index (κ3) is 23.4. The van der Waals surface area contributed by atoms with E-state index in [2.05, 4.69) is 38.8 Å². The summed E-state index contributed by atoms with van der Waals surface area (Å²) in [6.45, 7) is 8.32. The highest BCUT2D eigenvalue weighted by Crippen LogP contribution is 2.08. The van der Waals surface area contributed by atoms with Gasteiger partial charge in [0.2, 0.25) is 29.5 Å². The van der Waals surface area contributed by atoms with Gasteiger partial charge >= 0.3 is 7.12 Å². The minimum Gasteiger partial charge on any atom is -0.426 e. The first-order valence-corrected chi connectivity index (χ1v) is 18.9. The van der Waals surface area contributed by atoms with Crippen molar-refractivity contribution in [3.05, 3.63) is 0 Å². The van der Waals surface area contributed by atoms with E-state index in [0.717, 1.165) is 19.4 Å². The predicted octanol–water partition coefficient (Wildman–Crippen LogP) is -0.779. The smallest absolute Gasteiger partial charge is 0.426 e. The summed E-state index contributed by atoms with van der Waals surface area (Å²) in [4.78, 5) is 65.0. The second-order valence-corrected chi connectivity index (χ2v) is 13.4. The van der Waals surface area contributed by atoms with E-state index in [1.54, 1.807) is 0 Å². The Morgan fingerprint density at radius 3 is 1.67 bits per heavy atom. The Kier molecular flexibility index (Phi) is 28.1. The molecule has 0 spiro atoms. The molecule has 0 fully saturated rings. The van der Waals surface area contributed by atoms with Crippen LogP contribution >= 0.6 is 0 Å². The van der Waals surface area contributed by atoms with E-state index in [0.29, 0.717) is 45.3 Å². The number of carbonyl (C=O) groups excluding carboxylic acids is 5. The normalized spacial score (nSPS) is 14.7. The number of nitrogens with two attached hydrogens (primary N) is 2. The number of aliphatic hydroxyl groups excluding tert-OH is 1. The molecule has 0 rings (SSSR count). The van der Waals surface area contributed by atoms with Gasteiger partial charge in [0.1, 0.15) is 24.2 Å². The minimum atomic E-state index is -1.81. The fourth-order valence-electron chi connectivity index (χ4n) is 5.22. The topological polar surface area (TPSA) is 270 Å². The fraction of sp³-hybridized carbons (Fsp3) is 0.853. The number of hydrogen-bond acceptors (Lipinski definition) is 11. The Morgan fingerprint density at radius 1 is 0.608 bits per heavy atom. The van der Waals surface area contributed by atoms with Gasteiger partial charge in [0, 0.05) is 13.0 Å². The lowest BCUT2D eigenvalue weighted by atomic mass is 9.81. The Labute approximate surface area is 305 Å². The zero-order chi connectivity index (χ0) is 38.6. The van der Waals surface area contributed by atoms with Crippen LogP contribution in [-0.2, 0) is 24.0 Å². The molecule has 296 valence electrons. The molecule has 5 amide bonds. The molecular formula is C34H69BN8O8. The largest absolute Gasteiger partial charge is 0.475 e. The molecule has 0 saturated heterocycles. The van der Waals surface area contributed by atoms with Gasteiger partial charge in [-0.3, -0.25) is 24.0 Å². The fourth-order valence-corrected chi connectivity index (χ4v) is 5.22. The lowest BCUT2D eigenvalue weighted by Crippen LogP contribution is -2.60. The van der Waals surface area contributed by atoms with Crippen LogP contribution < -0.4 is 43.4 Å². The molecule has 0 heterocycles. The van der Waals surface area contributed by atoms with Gasteiger partial charge in [-0.2, -0.15) is 0 Å². The summed E-state index contributed by atoms with van der Waals surface area (Å²) in [6, 6.07) is -4.65. The summed E-state index contributed by atoms with van der Waals surface area (Å²) >= 11 is 0. The molecule has 16 nitrogen and oxygen atoms in total. The van der Waals surface area contributed by atoms with Crippen LogP contribution in [0.2, 0.25) is 0 Å². The van der Waals surface area contributed by atoms with Crippen LogP contribution in [0.15, 0.2) is 0 Å². The summed E-state index contributed by atoms with van der Waals surface area (Å²) in [7, 11) is -1.81. The molecule has 51 heavy (non-hydrogen) atoms. The quantitative estimate of drug-likeness (QED) is 0.0311. The van der Waals surface area contributed by atoms with E-state index < -0.39 is 67.0 Å². The molecule has 0 saturated carbocycles. The van der Waals surface area contributed by atoms with Gasteiger partial charge in [0.05, 0.1) is 12.0 Å². The second kappa shape index (κ2) is 29.7. The molecule has 0 aromatic rings. The highest BCUT2D eigenvalue weighted by atomic mass is 16.4. The van der Waals surface area contributed by atoms with Gasteiger partial charge < -0.3 is 58.5 Å². The van der Waals surface area contributed by atoms with Crippen LogP contribution in [-0.4, -0.2) is 114 Å². The molecule has 0 aliphatic carbocycles. The van der Waals surface area contributed by atoms with Crippen molar-refractivity contribution in [1.82, 2.24) is 31.9 Å². The number of amides is 5. The van der Waals surface area contributed by atoms with Gasteiger partial charge in [-0.25, -0.2) is 0 Å². The average Bonchev–Trinajstić information content (AvgIpc) is 3.08.